The lowest BCUT2D eigenvalue weighted by Crippen LogP contribution is -2.38. The lowest BCUT2D eigenvalue weighted by molar-refractivity contribution is 0.0854. The van der Waals surface area contributed by atoms with Gasteiger partial charge < -0.3 is 14.7 Å². The Morgan fingerprint density at radius 3 is 2.65 bits per heavy atom. The van der Waals surface area contributed by atoms with E-state index in [1.165, 1.54) is 0 Å². The summed E-state index contributed by atoms with van der Waals surface area (Å²) < 4.78 is 5.31. The van der Waals surface area contributed by atoms with Crippen LogP contribution in [-0.2, 0) is 11.3 Å². The van der Waals surface area contributed by atoms with Crippen LogP contribution in [0.1, 0.15) is 18.4 Å². The Bertz CT molecular complexity index is 436. The molecule has 2 rings (SSSR count). The second-order valence-electron chi connectivity index (χ2n) is 4.98. The van der Waals surface area contributed by atoms with Crippen molar-refractivity contribution in [1.29, 1.82) is 0 Å². The van der Waals surface area contributed by atoms with Crippen LogP contribution in [0.5, 0.6) is 0 Å². The molecule has 1 amide bonds. The van der Waals surface area contributed by atoms with Crippen LogP contribution in [0.25, 0.3) is 0 Å². The van der Waals surface area contributed by atoms with Crippen molar-refractivity contribution < 1.29 is 14.6 Å². The van der Waals surface area contributed by atoms with Crippen LogP contribution in [-0.4, -0.2) is 35.8 Å². The number of aliphatic hydroxyl groups excluding tert-OH is 1. The Balaban J connectivity index is 1.73. The predicted octanol–water partition coefficient (Wildman–Crippen LogP) is 2.58. The number of aliphatic hydroxyl groups is 1. The zero-order valence-electron chi connectivity index (χ0n) is 11.6. The van der Waals surface area contributed by atoms with Gasteiger partial charge in [0.25, 0.3) is 0 Å². The van der Waals surface area contributed by atoms with Crippen molar-refractivity contribution in [2.24, 2.45) is 5.92 Å². The number of hydrogen-bond donors (Lipinski definition) is 1. The summed E-state index contributed by atoms with van der Waals surface area (Å²) in [5, 5.41) is 8.74. The van der Waals surface area contributed by atoms with E-state index in [-0.39, 0.29) is 12.7 Å². The van der Waals surface area contributed by atoms with E-state index < -0.39 is 0 Å². The highest BCUT2D eigenvalue weighted by atomic mass is 16.6. The zero-order valence-corrected chi connectivity index (χ0v) is 11.6. The molecule has 4 heteroatoms. The highest BCUT2D eigenvalue weighted by Gasteiger charge is 2.22. The topological polar surface area (TPSA) is 49.8 Å². The van der Waals surface area contributed by atoms with Gasteiger partial charge in [-0.15, -0.1) is 0 Å². The number of hydrogen-bond acceptors (Lipinski definition) is 3. The molecule has 0 atom stereocenters. The maximum Gasteiger partial charge on any atom is 0.410 e. The lowest BCUT2D eigenvalue weighted by Gasteiger charge is -2.29. The molecular weight excluding hydrogens is 254 g/mol. The Labute approximate surface area is 119 Å². The highest BCUT2D eigenvalue weighted by Crippen LogP contribution is 2.19. The molecule has 1 fully saturated rings. The van der Waals surface area contributed by atoms with Crippen LogP contribution >= 0.6 is 0 Å². The largest absolute Gasteiger partial charge is 0.445 e. The number of carbonyl (C=O) groups is 1. The van der Waals surface area contributed by atoms with Crippen LogP contribution in [0.3, 0.4) is 0 Å². The van der Waals surface area contributed by atoms with Crippen molar-refractivity contribution >= 4 is 6.09 Å². The number of nitrogens with zero attached hydrogens (tertiary/aromatic N) is 1. The van der Waals surface area contributed by atoms with Crippen molar-refractivity contribution in [1.82, 2.24) is 4.90 Å². The predicted molar refractivity (Wildman–Crippen MR) is 77.1 cm³/mol. The summed E-state index contributed by atoms with van der Waals surface area (Å²) in [6.07, 6.45) is 5.42. The van der Waals surface area contributed by atoms with Crippen molar-refractivity contribution in [3.8, 4) is 0 Å². The van der Waals surface area contributed by atoms with Gasteiger partial charge in [0, 0.05) is 13.1 Å². The first-order valence-corrected chi connectivity index (χ1v) is 7.02. The fraction of sp³-hybridized carbons (Fsp3) is 0.438. The minimum absolute atomic E-state index is 0.0827. The van der Waals surface area contributed by atoms with Gasteiger partial charge in [-0.05, 0) is 24.3 Å². The molecule has 0 radical (unpaired) electrons. The summed E-state index contributed by atoms with van der Waals surface area (Å²) in [4.78, 5) is 13.7. The summed E-state index contributed by atoms with van der Waals surface area (Å²) >= 11 is 0. The van der Waals surface area contributed by atoms with Gasteiger partial charge in [-0.2, -0.15) is 0 Å². The van der Waals surface area contributed by atoms with E-state index in [2.05, 4.69) is 0 Å². The Morgan fingerprint density at radius 2 is 2.00 bits per heavy atom. The molecule has 20 heavy (non-hydrogen) atoms. The smallest absolute Gasteiger partial charge is 0.410 e. The molecular formula is C16H21NO3. The van der Waals surface area contributed by atoms with Gasteiger partial charge in [-0.1, -0.05) is 42.5 Å². The molecule has 0 bridgehead atoms. The summed E-state index contributed by atoms with van der Waals surface area (Å²) in [6.45, 7) is 1.84. The Kier molecular flexibility index (Phi) is 5.62. The van der Waals surface area contributed by atoms with Crippen molar-refractivity contribution in [3.05, 3.63) is 48.0 Å². The standard InChI is InChI=1S/C16H21NO3/c18-12-4-7-14-8-10-17(11-9-14)16(19)20-13-15-5-2-1-3-6-15/h1-7,14,18H,8-13H2. The van der Waals surface area contributed by atoms with Gasteiger partial charge in [-0.25, -0.2) is 4.79 Å². The maximum absolute atomic E-state index is 11.9. The molecule has 1 aliphatic heterocycles. The number of carbonyl (C=O) groups excluding carboxylic acids is 1. The first-order valence-electron chi connectivity index (χ1n) is 7.02. The van der Waals surface area contributed by atoms with Gasteiger partial charge in [0.05, 0.1) is 6.61 Å². The van der Waals surface area contributed by atoms with Gasteiger partial charge in [-0.3, -0.25) is 0 Å². The van der Waals surface area contributed by atoms with E-state index >= 15 is 0 Å². The molecule has 0 saturated carbocycles. The fourth-order valence-electron chi connectivity index (χ4n) is 2.34. The van der Waals surface area contributed by atoms with Crippen molar-refractivity contribution in [2.45, 2.75) is 19.4 Å². The molecule has 0 spiro atoms. The molecule has 1 aromatic rings. The van der Waals surface area contributed by atoms with Gasteiger partial charge in [0.15, 0.2) is 0 Å². The lowest BCUT2D eigenvalue weighted by atomic mass is 9.97. The van der Waals surface area contributed by atoms with E-state index in [1.54, 1.807) is 11.0 Å². The number of allylic oxidation sites excluding steroid dienone is 1. The second-order valence-corrected chi connectivity index (χ2v) is 4.98. The summed E-state index contributed by atoms with van der Waals surface area (Å²) in [5.41, 5.74) is 1.00. The molecule has 0 unspecified atom stereocenters. The normalized spacial score (nSPS) is 16.6. The Morgan fingerprint density at radius 1 is 1.30 bits per heavy atom. The molecule has 1 aromatic carbocycles. The number of benzene rings is 1. The molecule has 0 aliphatic carbocycles. The van der Waals surface area contributed by atoms with E-state index in [0.29, 0.717) is 25.6 Å². The number of piperidine rings is 1. The first-order chi connectivity index (χ1) is 9.79. The third kappa shape index (κ3) is 4.38. The average Bonchev–Trinajstić information content (AvgIpc) is 2.52. The molecule has 4 nitrogen and oxygen atoms in total. The number of amides is 1. The number of ether oxygens (including phenoxy) is 1. The molecule has 108 valence electrons. The average molecular weight is 275 g/mol. The van der Waals surface area contributed by atoms with Crippen LogP contribution < -0.4 is 0 Å². The molecule has 1 saturated heterocycles. The Hall–Kier alpha value is -1.81. The number of rotatable bonds is 4. The fourth-order valence-corrected chi connectivity index (χ4v) is 2.34. The highest BCUT2D eigenvalue weighted by molar-refractivity contribution is 5.67. The monoisotopic (exact) mass is 275 g/mol. The van der Waals surface area contributed by atoms with E-state index in [0.717, 1.165) is 18.4 Å². The zero-order chi connectivity index (χ0) is 14.2. The van der Waals surface area contributed by atoms with Crippen molar-refractivity contribution in [2.75, 3.05) is 19.7 Å². The van der Waals surface area contributed by atoms with Gasteiger partial charge in [0.2, 0.25) is 0 Å². The summed E-state index contributed by atoms with van der Waals surface area (Å²) in [6, 6.07) is 9.69. The minimum atomic E-state index is -0.238. The maximum atomic E-state index is 11.9. The summed E-state index contributed by atoms with van der Waals surface area (Å²) in [7, 11) is 0. The number of likely N-dealkylation sites (tertiary alicyclic amines) is 1. The van der Waals surface area contributed by atoms with Crippen LogP contribution in [0.4, 0.5) is 4.79 Å². The van der Waals surface area contributed by atoms with E-state index in [4.69, 9.17) is 9.84 Å². The summed E-state index contributed by atoms with van der Waals surface area (Å²) in [5.74, 6) is 0.459. The van der Waals surface area contributed by atoms with Crippen LogP contribution in [0.2, 0.25) is 0 Å². The quantitative estimate of drug-likeness (QED) is 0.859. The van der Waals surface area contributed by atoms with E-state index in [1.807, 2.05) is 36.4 Å². The second kappa shape index (κ2) is 7.70. The van der Waals surface area contributed by atoms with E-state index in [9.17, 15) is 4.79 Å². The minimum Gasteiger partial charge on any atom is -0.445 e. The van der Waals surface area contributed by atoms with Crippen LogP contribution in [0.15, 0.2) is 42.5 Å². The first kappa shape index (κ1) is 14.6. The molecule has 1 heterocycles. The van der Waals surface area contributed by atoms with Gasteiger partial charge >= 0.3 is 6.09 Å². The van der Waals surface area contributed by atoms with Crippen LogP contribution in [0, 0.1) is 5.92 Å². The third-order valence-electron chi connectivity index (χ3n) is 3.52. The SMILES string of the molecule is O=C(OCc1ccccc1)N1CCC(C=CCO)CC1. The van der Waals surface area contributed by atoms with Crippen molar-refractivity contribution in [3.63, 3.8) is 0 Å². The molecule has 1 aliphatic rings. The van der Waals surface area contributed by atoms with Gasteiger partial charge in [0.1, 0.15) is 6.61 Å². The molecule has 1 N–H and O–H groups in total. The molecule has 0 aromatic heterocycles. The third-order valence-corrected chi connectivity index (χ3v) is 3.52.